The van der Waals surface area contributed by atoms with E-state index in [1.807, 2.05) is 41.4 Å². The second-order valence-corrected chi connectivity index (χ2v) is 11.0. The van der Waals surface area contributed by atoms with Crippen LogP contribution in [0.5, 0.6) is 0 Å². The van der Waals surface area contributed by atoms with Gasteiger partial charge in [-0.3, -0.25) is 9.69 Å². The molecule has 0 saturated carbocycles. The van der Waals surface area contributed by atoms with Crippen LogP contribution in [0.1, 0.15) is 23.4 Å². The zero-order valence-electron chi connectivity index (χ0n) is 20.3. The number of carbonyl (C=O) groups excluding carboxylic acids is 1. The standard InChI is InChI=1S/C26H27N9OS/c36-24(34-11-10-21-22(15-34)37-26(28-21)17-4-2-1-3-5-17)16-33-13-19-7-8-20(14-33)35(19)23-9-6-18(12-27-23)25-29-31-32-30-25/h1-6,9,12,19-20H,7-8,10-11,13-16H2,(H,29,30,31,32). The summed E-state index contributed by atoms with van der Waals surface area (Å²) in [5.74, 6) is 1.82. The first-order valence-corrected chi connectivity index (χ1v) is 13.6. The average molecular weight is 514 g/mol. The number of piperazine rings is 1. The average Bonchev–Trinajstić information content (AvgIpc) is 3.67. The van der Waals surface area contributed by atoms with Crippen molar-refractivity contribution in [1.29, 1.82) is 0 Å². The second kappa shape index (κ2) is 9.31. The predicted octanol–water partition coefficient (Wildman–Crippen LogP) is 2.62. The molecule has 2 fully saturated rings. The van der Waals surface area contributed by atoms with E-state index in [2.05, 4.69) is 42.6 Å². The zero-order chi connectivity index (χ0) is 24.8. The van der Waals surface area contributed by atoms with Crippen molar-refractivity contribution < 1.29 is 4.79 Å². The zero-order valence-corrected chi connectivity index (χ0v) is 21.1. The molecule has 3 aliphatic rings. The number of hydrogen-bond donors (Lipinski definition) is 1. The van der Waals surface area contributed by atoms with Crippen molar-refractivity contribution in [2.24, 2.45) is 0 Å². The van der Waals surface area contributed by atoms with Crippen molar-refractivity contribution in [3.8, 4) is 22.0 Å². The first-order valence-electron chi connectivity index (χ1n) is 12.7. The Kier molecular flexibility index (Phi) is 5.66. The van der Waals surface area contributed by atoms with E-state index in [-0.39, 0.29) is 5.91 Å². The van der Waals surface area contributed by atoms with Crippen LogP contribution < -0.4 is 4.90 Å². The van der Waals surface area contributed by atoms with Crippen LogP contribution in [0.4, 0.5) is 5.82 Å². The molecule has 1 amide bonds. The fraction of sp³-hybridized carbons (Fsp3) is 0.385. The molecule has 2 atom stereocenters. The minimum absolute atomic E-state index is 0.219. The molecule has 37 heavy (non-hydrogen) atoms. The van der Waals surface area contributed by atoms with Crippen LogP contribution in [0.25, 0.3) is 22.0 Å². The number of tetrazole rings is 1. The number of rotatable bonds is 5. The van der Waals surface area contributed by atoms with Crippen LogP contribution in [0.2, 0.25) is 0 Å². The van der Waals surface area contributed by atoms with E-state index in [4.69, 9.17) is 9.97 Å². The molecule has 2 bridgehead atoms. The Balaban J connectivity index is 0.987. The maximum Gasteiger partial charge on any atom is 0.237 e. The van der Waals surface area contributed by atoms with Crippen LogP contribution in [0.3, 0.4) is 0 Å². The summed E-state index contributed by atoms with van der Waals surface area (Å²) in [6, 6.07) is 15.1. The number of anilines is 1. The summed E-state index contributed by atoms with van der Waals surface area (Å²) in [7, 11) is 0. The molecule has 11 heteroatoms. The molecule has 2 saturated heterocycles. The molecule has 2 unspecified atom stereocenters. The largest absolute Gasteiger partial charge is 0.348 e. The van der Waals surface area contributed by atoms with Crippen molar-refractivity contribution >= 4 is 23.1 Å². The van der Waals surface area contributed by atoms with E-state index in [1.54, 1.807) is 11.3 Å². The van der Waals surface area contributed by atoms with Gasteiger partial charge >= 0.3 is 0 Å². The molecule has 1 N–H and O–H groups in total. The van der Waals surface area contributed by atoms with Gasteiger partial charge in [0.1, 0.15) is 10.8 Å². The van der Waals surface area contributed by atoms with Gasteiger partial charge in [0.2, 0.25) is 5.91 Å². The molecule has 1 aromatic carbocycles. The fourth-order valence-electron chi connectivity index (χ4n) is 5.86. The third kappa shape index (κ3) is 4.27. The quantitative estimate of drug-likeness (QED) is 0.434. The van der Waals surface area contributed by atoms with Crippen molar-refractivity contribution in [3.05, 3.63) is 59.2 Å². The number of nitrogens with one attached hydrogen (secondary N) is 1. The van der Waals surface area contributed by atoms with Crippen LogP contribution in [0, 0.1) is 0 Å². The maximum absolute atomic E-state index is 13.3. The number of benzene rings is 1. The smallest absolute Gasteiger partial charge is 0.237 e. The molecular weight excluding hydrogens is 486 g/mol. The van der Waals surface area contributed by atoms with Gasteiger partial charge in [-0.25, -0.2) is 15.1 Å². The van der Waals surface area contributed by atoms with Gasteiger partial charge in [0.15, 0.2) is 5.82 Å². The van der Waals surface area contributed by atoms with Crippen LogP contribution in [0.15, 0.2) is 48.7 Å². The highest BCUT2D eigenvalue weighted by Gasteiger charge is 2.41. The van der Waals surface area contributed by atoms with Crippen LogP contribution in [-0.4, -0.2) is 84.6 Å². The molecule has 4 aromatic rings. The Morgan fingerprint density at radius 2 is 1.89 bits per heavy atom. The molecule has 0 spiro atoms. The molecule has 7 rings (SSSR count). The number of thiazole rings is 1. The van der Waals surface area contributed by atoms with Gasteiger partial charge in [0.25, 0.3) is 0 Å². The number of hydrogen-bond acceptors (Lipinski definition) is 9. The van der Waals surface area contributed by atoms with E-state index in [0.717, 1.165) is 66.5 Å². The summed E-state index contributed by atoms with van der Waals surface area (Å²) < 4.78 is 0. The monoisotopic (exact) mass is 513 g/mol. The summed E-state index contributed by atoms with van der Waals surface area (Å²) in [5, 5.41) is 15.1. The summed E-state index contributed by atoms with van der Waals surface area (Å²) in [6.45, 7) is 3.66. The Labute approximate surface area is 218 Å². The number of carbonyl (C=O) groups is 1. The van der Waals surface area contributed by atoms with Crippen molar-refractivity contribution in [2.75, 3.05) is 31.1 Å². The molecule has 188 valence electrons. The summed E-state index contributed by atoms with van der Waals surface area (Å²) in [4.78, 5) is 30.9. The van der Waals surface area contributed by atoms with Gasteiger partial charge < -0.3 is 9.80 Å². The molecular formula is C26H27N9OS. The van der Waals surface area contributed by atoms with Gasteiger partial charge in [-0.05, 0) is 35.4 Å². The minimum Gasteiger partial charge on any atom is -0.348 e. The lowest BCUT2D eigenvalue weighted by Gasteiger charge is -2.42. The molecule has 10 nitrogen and oxygen atoms in total. The number of amides is 1. The SMILES string of the molecule is O=C(CN1CC2CCC(C1)N2c1ccc(-c2nnn[nH]2)cn1)N1CCc2nc(-c3ccccc3)sc2C1. The lowest BCUT2D eigenvalue weighted by Crippen LogP contribution is -2.56. The summed E-state index contributed by atoms with van der Waals surface area (Å²) in [5.41, 5.74) is 3.16. The van der Waals surface area contributed by atoms with Crippen molar-refractivity contribution in [1.82, 2.24) is 40.4 Å². The fourth-order valence-corrected chi connectivity index (χ4v) is 6.99. The highest BCUT2D eigenvalue weighted by atomic mass is 32.1. The lowest BCUT2D eigenvalue weighted by atomic mass is 10.1. The molecule has 6 heterocycles. The Morgan fingerprint density at radius 1 is 1.05 bits per heavy atom. The number of aromatic nitrogens is 6. The minimum atomic E-state index is 0.219. The van der Waals surface area contributed by atoms with E-state index in [0.29, 0.717) is 31.0 Å². The first kappa shape index (κ1) is 22.5. The number of fused-ring (bicyclic) bond motifs is 3. The van der Waals surface area contributed by atoms with Gasteiger partial charge in [0, 0.05) is 60.3 Å². The number of likely N-dealkylation sites (tertiary alicyclic amines) is 1. The summed E-state index contributed by atoms with van der Waals surface area (Å²) >= 11 is 1.72. The van der Waals surface area contributed by atoms with E-state index in [1.165, 1.54) is 4.88 Å². The van der Waals surface area contributed by atoms with Gasteiger partial charge in [-0.15, -0.1) is 16.4 Å². The normalized spacial score (nSPS) is 21.3. The third-order valence-corrected chi connectivity index (χ3v) is 8.78. The number of aromatic amines is 1. The van der Waals surface area contributed by atoms with E-state index < -0.39 is 0 Å². The van der Waals surface area contributed by atoms with Crippen molar-refractivity contribution in [2.45, 2.75) is 37.9 Å². The molecule has 3 aliphatic heterocycles. The van der Waals surface area contributed by atoms with Gasteiger partial charge in [-0.1, -0.05) is 30.3 Å². The molecule has 0 radical (unpaired) electrons. The molecule has 3 aromatic heterocycles. The number of H-pyrrole nitrogens is 1. The predicted molar refractivity (Wildman–Crippen MR) is 140 cm³/mol. The van der Waals surface area contributed by atoms with Crippen LogP contribution in [-0.2, 0) is 17.8 Å². The Hall–Kier alpha value is -3.70. The Morgan fingerprint density at radius 3 is 2.62 bits per heavy atom. The third-order valence-electron chi connectivity index (χ3n) is 7.65. The first-order chi connectivity index (χ1) is 18.2. The van der Waals surface area contributed by atoms with Gasteiger partial charge in [0.05, 0.1) is 18.8 Å². The molecule has 0 aliphatic carbocycles. The second-order valence-electron chi connectivity index (χ2n) is 9.96. The maximum atomic E-state index is 13.3. The van der Waals surface area contributed by atoms with Crippen molar-refractivity contribution in [3.63, 3.8) is 0 Å². The lowest BCUT2D eigenvalue weighted by molar-refractivity contribution is -0.133. The summed E-state index contributed by atoms with van der Waals surface area (Å²) in [6.07, 6.45) is 4.90. The van der Waals surface area contributed by atoms with E-state index >= 15 is 0 Å². The Bertz CT molecular complexity index is 1380. The van der Waals surface area contributed by atoms with Crippen LogP contribution >= 0.6 is 11.3 Å². The highest BCUT2D eigenvalue weighted by Crippen LogP contribution is 2.35. The number of nitrogens with zero attached hydrogens (tertiary/aromatic N) is 8. The highest BCUT2D eigenvalue weighted by molar-refractivity contribution is 7.15. The van der Waals surface area contributed by atoms with E-state index in [9.17, 15) is 4.79 Å². The topological polar surface area (TPSA) is 107 Å². The van der Waals surface area contributed by atoms with Gasteiger partial charge in [-0.2, -0.15) is 0 Å². The number of pyridine rings is 1.